The lowest BCUT2D eigenvalue weighted by atomic mass is 10.3. The van der Waals surface area contributed by atoms with Gasteiger partial charge in [0.1, 0.15) is 0 Å². The summed E-state index contributed by atoms with van der Waals surface area (Å²) in [5, 5.41) is 5.68. The highest BCUT2D eigenvalue weighted by molar-refractivity contribution is 5.80. The largest absolute Gasteiger partial charge is 0.376 e. The first-order valence-corrected chi connectivity index (χ1v) is 4.58. The first kappa shape index (κ1) is 10.5. The van der Waals surface area contributed by atoms with Crippen LogP contribution < -0.4 is 16.4 Å². The van der Waals surface area contributed by atoms with Crippen LogP contribution in [0.1, 0.15) is 0 Å². The minimum atomic E-state index is -0.0423. The van der Waals surface area contributed by atoms with Gasteiger partial charge in [0.15, 0.2) is 0 Å². The number of carbonyl (C=O) groups is 1. The van der Waals surface area contributed by atoms with E-state index in [1.165, 1.54) is 0 Å². The Bertz CT molecular complexity index is 274. The molecule has 0 aromatic heterocycles. The SMILES string of the molecule is NCCNC(=O)CNc1ccccc1. The Hall–Kier alpha value is -1.55. The maximum Gasteiger partial charge on any atom is 0.239 e. The topological polar surface area (TPSA) is 67.1 Å². The van der Waals surface area contributed by atoms with E-state index in [0.717, 1.165) is 5.69 Å². The quantitative estimate of drug-likeness (QED) is 0.624. The van der Waals surface area contributed by atoms with Crippen LogP contribution in [-0.2, 0) is 4.79 Å². The smallest absolute Gasteiger partial charge is 0.239 e. The summed E-state index contributed by atoms with van der Waals surface area (Å²) in [7, 11) is 0. The van der Waals surface area contributed by atoms with Gasteiger partial charge >= 0.3 is 0 Å². The van der Waals surface area contributed by atoms with E-state index in [4.69, 9.17) is 5.73 Å². The molecule has 0 unspecified atom stereocenters. The van der Waals surface area contributed by atoms with E-state index in [1.807, 2.05) is 30.3 Å². The molecular weight excluding hydrogens is 178 g/mol. The zero-order valence-corrected chi connectivity index (χ0v) is 7.99. The van der Waals surface area contributed by atoms with Gasteiger partial charge in [0.2, 0.25) is 5.91 Å². The van der Waals surface area contributed by atoms with Gasteiger partial charge in [0.25, 0.3) is 0 Å². The summed E-state index contributed by atoms with van der Waals surface area (Å²) in [5.74, 6) is -0.0423. The van der Waals surface area contributed by atoms with Crippen molar-refractivity contribution >= 4 is 11.6 Å². The van der Waals surface area contributed by atoms with Crippen LogP contribution in [0.2, 0.25) is 0 Å². The molecule has 4 heteroatoms. The fourth-order valence-corrected chi connectivity index (χ4v) is 1.01. The van der Waals surface area contributed by atoms with Crippen LogP contribution in [0, 0.1) is 0 Å². The van der Waals surface area contributed by atoms with Gasteiger partial charge in [-0.2, -0.15) is 0 Å². The van der Waals surface area contributed by atoms with E-state index in [-0.39, 0.29) is 12.5 Å². The zero-order valence-electron chi connectivity index (χ0n) is 7.99. The summed E-state index contributed by atoms with van der Waals surface area (Å²) >= 11 is 0. The summed E-state index contributed by atoms with van der Waals surface area (Å²) in [5.41, 5.74) is 6.19. The number of nitrogens with two attached hydrogens (primary N) is 1. The van der Waals surface area contributed by atoms with E-state index >= 15 is 0 Å². The summed E-state index contributed by atoms with van der Waals surface area (Å²) in [6.07, 6.45) is 0. The minimum Gasteiger partial charge on any atom is -0.376 e. The molecule has 0 spiro atoms. The molecule has 76 valence electrons. The third-order valence-electron chi connectivity index (χ3n) is 1.69. The highest BCUT2D eigenvalue weighted by Gasteiger charge is 1.98. The van der Waals surface area contributed by atoms with Gasteiger partial charge < -0.3 is 16.4 Å². The van der Waals surface area contributed by atoms with E-state index in [1.54, 1.807) is 0 Å². The van der Waals surface area contributed by atoms with Gasteiger partial charge in [-0.05, 0) is 12.1 Å². The van der Waals surface area contributed by atoms with Crippen molar-refractivity contribution in [3.05, 3.63) is 30.3 Å². The van der Waals surface area contributed by atoms with E-state index in [2.05, 4.69) is 10.6 Å². The van der Waals surface area contributed by atoms with E-state index in [9.17, 15) is 4.79 Å². The second kappa shape index (κ2) is 5.99. The second-order valence-corrected chi connectivity index (χ2v) is 2.86. The summed E-state index contributed by atoms with van der Waals surface area (Å²) in [6.45, 7) is 1.27. The number of anilines is 1. The Balaban J connectivity index is 2.24. The molecule has 0 aliphatic carbocycles. The molecule has 4 N–H and O–H groups in total. The lowest BCUT2D eigenvalue weighted by molar-refractivity contribution is -0.119. The number of hydrogen-bond acceptors (Lipinski definition) is 3. The van der Waals surface area contributed by atoms with Crippen molar-refractivity contribution in [1.29, 1.82) is 0 Å². The third kappa shape index (κ3) is 3.91. The third-order valence-corrected chi connectivity index (χ3v) is 1.69. The van der Waals surface area contributed by atoms with Crippen molar-refractivity contribution in [2.24, 2.45) is 5.73 Å². The molecule has 1 amide bonds. The molecule has 0 fully saturated rings. The van der Waals surface area contributed by atoms with Gasteiger partial charge in [-0.25, -0.2) is 0 Å². The van der Waals surface area contributed by atoms with Gasteiger partial charge in [-0.1, -0.05) is 18.2 Å². The first-order valence-electron chi connectivity index (χ1n) is 4.58. The number of hydrogen-bond donors (Lipinski definition) is 3. The van der Waals surface area contributed by atoms with Crippen molar-refractivity contribution in [3.8, 4) is 0 Å². The fraction of sp³-hybridized carbons (Fsp3) is 0.300. The van der Waals surface area contributed by atoms with Crippen LogP contribution in [0.3, 0.4) is 0 Å². The molecule has 0 bridgehead atoms. The molecule has 0 saturated heterocycles. The Labute approximate surface area is 83.5 Å². The zero-order chi connectivity index (χ0) is 10.2. The molecule has 0 radical (unpaired) electrons. The predicted molar refractivity (Wildman–Crippen MR) is 57.0 cm³/mol. The van der Waals surface area contributed by atoms with Crippen LogP contribution in [0.15, 0.2) is 30.3 Å². The molecule has 14 heavy (non-hydrogen) atoms. The minimum absolute atomic E-state index is 0.0423. The predicted octanol–water partition coefficient (Wildman–Crippen LogP) is 0.173. The molecule has 4 nitrogen and oxygen atoms in total. The van der Waals surface area contributed by atoms with Crippen LogP contribution in [0.5, 0.6) is 0 Å². The second-order valence-electron chi connectivity index (χ2n) is 2.86. The molecule has 0 heterocycles. The van der Waals surface area contributed by atoms with Crippen molar-refractivity contribution in [1.82, 2.24) is 5.32 Å². The lowest BCUT2D eigenvalue weighted by Crippen LogP contribution is -2.33. The highest BCUT2D eigenvalue weighted by atomic mass is 16.1. The maximum absolute atomic E-state index is 11.1. The standard InChI is InChI=1S/C10H15N3O/c11-6-7-12-10(14)8-13-9-4-2-1-3-5-9/h1-5,13H,6-8,11H2,(H,12,14). The molecule has 1 aromatic carbocycles. The number of carbonyl (C=O) groups excluding carboxylic acids is 1. The lowest BCUT2D eigenvalue weighted by Gasteiger charge is -2.06. The van der Waals surface area contributed by atoms with Gasteiger partial charge in [-0.3, -0.25) is 4.79 Å². The Kier molecular flexibility index (Phi) is 4.50. The van der Waals surface area contributed by atoms with Crippen LogP contribution >= 0.6 is 0 Å². The fourth-order valence-electron chi connectivity index (χ4n) is 1.01. The number of para-hydroxylation sites is 1. The number of amides is 1. The summed E-state index contributed by atoms with van der Waals surface area (Å²) in [4.78, 5) is 11.1. The van der Waals surface area contributed by atoms with Crippen molar-refractivity contribution in [3.63, 3.8) is 0 Å². The van der Waals surface area contributed by atoms with Crippen molar-refractivity contribution in [2.45, 2.75) is 0 Å². The normalized spacial score (nSPS) is 9.50. The van der Waals surface area contributed by atoms with Crippen LogP contribution in [0.4, 0.5) is 5.69 Å². The Morgan fingerprint density at radius 1 is 1.29 bits per heavy atom. The van der Waals surface area contributed by atoms with Crippen molar-refractivity contribution < 1.29 is 4.79 Å². The summed E-state index contributed by atoms with van der Waals surface area (Å²) in [6, 6.07) is 9.59. The molecular formula is C10H15N3O. The average Bonchev–Trinajstić information content (AvgIpc) is 2.25. The number of nitrogens with one attached hydrogen (secondary N) is 2. The Morgan fingerprint density at radius 2 is 2.00 bits per heavy atom. The monoisotopic (exact) mass is 193 g/mol. The molecule has 0 aliphatic rings. The van der Waals surface area contributed by atoms with Gasteiger partial charge in [0.05, 0.1) is 6.54 Å². The average molecular weight is 193 g/mol. The summed E-state index contributed by atoms with van der Waals surface area (Å²) < 4.78 is 0. The number of rotatable bonds is 5. The molecule has 1 rings (SSSR count). The van der Waals surface area contributed by atoms with Gasteiger partial charge in [0, 0.05) is 18.8 Å². The van der Waals surface area contributed by atoms with Crippen LogP contribution in [0.25, 0.3) is 0 Å². The van der Waals surface area contributed by atoms with Gasteiger partial charge in [-0.15, -0.1) is 0 Å². The Morgan fingerprint density at radius 3 is 2.64 bits per heavy atom. The molecule has 0 saturated carbocycles. The molecule has 0 aliphatic heterocycles. The van der Waals surface area contributed by atoms with Crippen LogP contribution in [-0.4, -0.2) is 25.5 Å². The van der Waals surface area contributed by atoms with E-state index < -0.39 is 0 Å². The molecule has 1 aromatic rings. The van der Waals surface area contributed by atoms with E-state index in [0.29, 0.717) is 13.1 Å². The first-order chi connectivity index (χ1) is 6.83. The number of benzene rings is 1. The molecule has 0 atom stereocenters. The van der Waals surface area contributed by atoms with Crippen molar-refractivity contribution in [2.75, 3.05) is 25.0 Å². The maximum atomic E-state index is 11.1. The highest BCUT2D eigenvalue weighted by Crippen LogP contribution is 2.03.